The van der Waals surface area contributed by atoms with Gasteiger partial charge in [0.2, 0.25) is 17.7 Å². The molecule has 2 atom stereocenters. The fraction of sp³-hybridized carbons (Fsp3) is 0.333. The van der Waals surface area contributed by atoms with Crippen LogP contribution in [-0.4, -0.2) is 80.6 Å². The second-order valence-electron chi connectivity index (χ2n) is 10.7. The van der Waals surface area contributed by atoms with Gasteiger partial charge in [-0.05, 0) is 41.8 Å². The molecule has 44 heavy (non-hydrogen) atoms. The van der Waals surface area contributed by atoms with Crippen molar-refractivity contribution in [2.24, 2.45) is 0 Å². The molecule has 4 amide bonds. The van der Waals surface area contributed by atoms with Crippen LogP contribution in [0.15, 0.2) is 72.8 Å². The second kappa shape index (κ2) is 14.4. The van der Waals surface area contributed by atoms with Gasteiger partial charge in [-0.15, -0.1) is 0 Å². The minimum absolute atomic E-state index is 0.127. The number of carbonyl (C=O) groups is 4. The van der Waals surface area contributed by atoms with Gasteiger partial charge in [-0.3, -0.25) is 19.2 Å². The molecule has 0 bridgehead atoms. The lowest BCUT2D eigenvalue weighted by Gasteiger charge is -2.27. The van der Waals surface area contributed by atoms with Crippen molar-refractivity contribution in [1.82, 2.24) is 20.9 Å². The lowest BCUT2D eigenvalue weighted by molar-refractivity contribution is -0.136. The van der Waals surface area contributed by atoms with E-state index in [4.69, 9.17) is 14.2 Å². The predicted octanol–water partition coefficient (Wildman–Crippen LogP) is 1.88. The SMILES string of the molecule is CN1CCOc2ccccc2C(=O)N[C@H](C(=O)NCCc2ccc3c(c2)OCCO3)CC(=O)N[C@@H](Cc2ccccc2)C1=O. The maximum absolute atomic E-state index is 13.4. The number of hydrogen-bond acceptors (Lipinski definition) is 7. The van der Waals surface area contributed by atoms with Gasteiger partial charge in [-0.25, -0.2) is 0 Å². The number of likely N-dealkylation sites (N-methyl/N-ethyl adjacent to an activating group) is 1. The van der Waals surface area contributed by atoms with Crippen molar-refractivity contribution in [1.29, 1.82) is 0 Å². The van der Waals surface area contributed by atoms with E-state index >= 15 is 0 Å². The quantitative estimate of drug-likeness (QED) is 0.393. The molecule has 0 saturated heterocycles. The van der Waals surface area contributed by atoms with Crippen LogP contribution < -0.4 is 30.2 Å². The number of rotatable bonds is 6. The maximum atomic E-state index is 13.4. The van der Waals surface area contributed by atoms with E-state index in [-0.39, 0.29) is 44.0 Å². The van der Waals surface area contributed by atoms with Crippen molar-refractivity contribution < 1.29 is 33.4 Å². The topological polar surface area (TPSA) is 135 Å². The van der Waals surface area contributed by atoms with Crippen molar-refractivity contribution >= 4 is 23.6 Å². The Balaban J connectivity index is 1.33. The summed E-state index contributed by atoms with van der Waals surface area (Å²) in [4.78, 5) is 55.0. The van der Waals surface area contributed by atoms with Gasteiger partial charge >= 0.3 is 0 Å². The molecule has 11 nitrogen and oxygen atoms in total. The van der Waals surface area contributed by atoms with E-state index in [2.05, 4.69) is 16.0 Å². The van der Waals surface area contributed by atoms with Crippen molar-refractivity contribution in [2.75, 3.05) is 40.0 Å². The predicted molar refractivity (Wildman–Crippen MR) is 162 cm³/mol. The zero-order valence-corrected chi connectivity index (χ0v) is 24.5. The van der Waals surface area contributed by atoms with Gasteiger partial charge in [0.1, 0.15) is 37.7 Å². The summed E-state index contributed by atoms with van der Waals surface area (Å²) in [5.41, 5.74) is 2.02. The number of ether oxygens (including phenoxy) is 3. The Morgan fingerprint density at radius 2 is 1.57 bits per heavy atom. The van der Waals surface area contributed by atoms with Crippen molar-refractivity contribution in [3.63, 3.8) is 0 Å². The van der Waals surface area contributed by atoms with Crippen LogP contribution in [0.2, 0.25) is 0 Å². The number of hydrogen-bond donors (Lipinski definition) is 3. The third kappa shape index (κ3) is 7.85. The smallest absolute Gasteiger partial charge is 0.255 e. The molecule has 0 spiro atoms. The highest BCUT2D eigenvalue weighted by atomic mass is 16.6. The van der Waals surface area contributed by atoms with Crippen LogP contribution in [0.1, 0.15) is 27.9 Å². The molecule has 0 radical (unpaired) electrons. The van der Waals surface area contributed by atoms with E-state index in [1.165, 1.54) is 4.90 Å². The van der Waals surface area contributed by atoms with Gasteiger partial charge in [0.15, 0.2) is 11.5 Å². The Bertz CT molecular complexity index is 1500. The zero-order chi connectivity index (χ0) is 30.9. The normalized spacial score (nSPS) is 19.0. The summed E-state index contributed by atoms with van der Waals surface area (Å²) in [7, 11) is 1.64. The van der Waals surface area contributed by atoms with E-state index < -0.39 is 29.8 Å². The average molecular weight is 601 g/mol. The van der Waals surface area contributed by atoms with E-state index in [0.29, 0.717) is 36.9 Å². The molecule has 3 aromatic carbocycles. The highest BCUT2D eigenvalue weighted by Gasteiger charge is 2.30. The lowest BCUT2D eigenvalue weighted by Crippen LogP contribution is -2.53. The zero-order valence-electron chi connectivity index (χ0n) is 24.5. The average Bonchev–Trinajstić information content (AvgIpc) is 3.04. The third-order valence-electron chi connectivity index (χ3n) is 7.44. The highest BCUT2D eigenvalue weighted by Crippen LogP contribution is 2.30. The molecule has 0 aliphatic carbocycles. The van der Waals surface area contributed by atoms with Gasteiger partial charge in [0.05, 0.1) is 18.5 Å². The molecular weight excluding hydrogens is 564 g/mol. The molecule has 0 aromatic heterocycles. The molecule has 3 N–H and O–H groups in total. The minimum Gasteiger partial charge on any atom is -0.491 e. The molecule has 0 unspecified atom stereocenters. The van der Waals surface area contributed by atoms with Gasteiger partial charge in [0.25, 0.3) is 5.91 Å². The number of carbonyl (C=O) groups excluding carboxylic acids is 4. The maximum Gasteiger partial charge on any atom is 0.255 e. The molecule has 2 aliphatic heterocycles. The summed E-state index contributed by atoms with van der Waals surface area (Å²) in [5, 5.41) is 8.34. The van der Waals surface area contributed by atoms with Crippen molar-refractivity contribution in [2.45, 2.75) is 31.3 Å². The Morgan fingerprint density at radius 1 is 0.841 bits per heavy atom. The van der Waals surface area contributed by atoms with Crippen LogP contribution in [0, 0.1) is 0 Å². The second-order valence-corrected chi connectivity index (χ2v) is 10.7. The van der Waals surface area contributed by atoms with Gasteiger partial charge in [-0.2, -0.15) is 0 Å². The first-order valence-corrected chi connectivity index (χ1v) is 14.6. The summed E-state index contributed by atoms with van der Waals surface area (Å²) in [5.74, 6) is -0.270. The molecule has 230 valence electrons. The minimum atomic E-state index is -1.20. The first-order valence-electron chi connectivity index (χ1n) is 14.6. The molecule has 2 aliphatic rings. The van der Waals surface area contributed by atoms with E-state index in [1.807, 2.05) is 48.5 Å². The largest absolute Gasteiger partial charge is 0.491 e. The number of nitrogens with one attached hydrogen (secondary N) is 3. The number of fused-ring (bicyclic) bond motifs is 2. The van der Waals surface area contributed by atoms with Crippen LogP contribution in [0.3, 0.4) is 0 Å². The van der Waals surface area contributed by atoms with Crippen molar-refractivity contribution in [3.8, 4) is 17.2 Å². The van der Waals surface area contributed by atoms with Gasteiger partial charge in [0, 0.05) is 20.0 Å². The number of nitrogens with zero attached hydrogens (tertiary/aromatic N) is 1. The molecule has 2 heterocycles. The lowest BCUT2D eigenvalue weighted by atomic mass is 10.0. The van der Waals surface area contributed by atoms with Crippen LogP contribution in [0.5, 0.6) is 17.2 Å². The van der Waals surface area contributed by atoms with E-state index in [1.54, 1.807) is 31.3 Å². The Labute approximate surface area is 255 Å². The fourth-order valence-electron chi connectivity index (χ4n) is 5.08. The van der Waals surface area contributed by atoms with Crippen LogP contribution >= 0.6 is 0 Å². The molecule has 0 fully saturated rings. The third-order valence-corrected chi connectivity index (χ3v) is 7.44. The highest BCUT2D eigenvalue weighted by molar-refractivity contribution is 6.01. The summed E-state index contributed by atoms with van der Waals surface area (Å²) >= 11 is 0. The summed E-state index contributed by atoms with van der Waals surface area (Å²) in [6.07, 6.45) is 0.386. The van der Waals surface area contributed by atoms with Crippen molar-refractivity contribution in [3.05, 3.63) is 89.5 Å². The molecule has 11 heteroatoms. The monoisotopic (exact) mass is 600 g/mol. The van der Waals surface area contributed by atoms with E-state index in [9.17, 15) is 19.2 Å². The number of benzene rings is 3. The molecule has 3 aromatic rings. The number of amides is 4. The van der Waals surface area contributed by atoms with Gasteiger partial charge < -0.3 is 35.1 Å². The van der Waals surface area contributed by atoms with Gasteiger partial charge in [-0.1, -0.05) is 48.5 Å². The Kier molecular flexibility index (Phi) is 9.96. The fourth-order valence-corrected chi connectivity index (χ4v) is 5.08. The standard InChI is InChI=1S/C33H36N4O7/c1-37-15-16-42-27-10-6-5-9-24(27)31(39)36-25(21-30(38)35-26(33(37)41)19-22-7-3-2-4-8-22)32(40)34-14-13-23-11-12-28-29(20-23)44-18-17-43-28/h2-12,20,25-26H,13-19,21H2,1H3,(H,34,40)(H,35,38)(H,36,39)/t25-,26-/m0/s1. The first-order chi connectivity index (χ1) is 21.4. The van der Waals surface area contributed by atoms with Crippen LogP contribution in [0.4, 0.5) is 0 Å². The first kappa shape index (κ1) is 30.4. The molecular formula is C33H36N4O7. The van der Waals surface area contributed by atoms with E-state index in [0.717, 1.165) is 11.1 Å². The molecule has 5 rings (SSSR count). The summed E-state index contributed by atoms with van der Waals surface area (Å²) in [6, 6.07) is 19.5. The summed E-state index contributed by atoms with van der Waals surface area (Å²) < 4.78 is 17.1. The molecule has 0 saturated carbocycles. The van der Waals surface area contributed by atoms with Crippen LogP contribution in [0.25, 0.3) is 0 Å². The Hall–Kier alpha value is -5.06. The number of para-hydroxylation sites is 1. The Morgan fingerprint density at radius 3 is 2.39 bits per heavy atom. The summed E-state index contributed by atoms with van der Waals surface area (Å²) in [6.45, 7) is 1.59. The van der Waals surface area contributed by atoms with Crippen LogP contribution in [-0.2, 0) is 27.2 Å².